The molecule has 7 nitrogen and oxygen atoms in total. The van der Waals surface area contributed by atoms with Gasteiger partial charge in [-0.25, -0.2) is 8.42 Å². The van der Waals surface area contributed by atoms with Crippen molar-refractivity contribution in [2.75, 3.05) is 10.8 Å². The quantitative estimate of drug-likeness (QED) is 0.305. The second-order valence-corrected chi connectivity index (χ2v) is 12.1. The first-order valence-electron chi connectivity index (χ1n) is 12.6. The highest BCUT2D eigenvalue weighted by Crippen LogP contribution is 2.28. The summed E-state index contributed by atoms with van der Waals surface area (Å²) in [6.45, 7) is 6.67. The lowest BCUT2D eigenvalue weighted by Crippen LogP contribution is -2.52. The summed E-state index contributed by atoms with van der Waals surface area (Å²) in [5.74, 6) is -0.952. The fourth-order valence-electron chi connectivity index (χ4n) is 3.86. The first-order chi connectivity index (χ1) is 18.4. The zero-order valence-corrected chi connectivity index (χ0v) is 24.7. The van der Waals surface area contributed by atoms with Crippen molar-refractivity contribution in [1.29, 1.82) is 0 Å². The Morgan fingerprint density at radius 1 is 0.897 bits per heavy atom. The summed E-state index contributed by atoms with van der Waals surface area (Å²) in [7, 11) is -4.12. The van der Waals surface area contributed by atoms with Gasteiger partial charge in [-0.2, -0.15) is 0 Å². The molecule has 0 spiro atoms. The monoisotopic (exact) mass is 589 g/mol. The van der Waals surface area contributed by atoms with Gasteiger partial charge in [0.2, 0.25) is 11.8 Å². The van der Waals surface area contributed by atoms with E-state index in [0.29, 0.717) is 27.7 Å². The van der Waals surface area contributed by atoms with Crippen molar-refractivity contribution in [3.63, 3.8) is 0 Å². The van der Waals surface area contributed by atoms with Crippen molar-refractivity contribution < 1.29 is 18.0 Å². The summed E-state index contributed by atoms with van der Waals surface area (Å²) in [4.78, 5) is 28.4. The molecule has 3 aromatic carbocycles. The summed E-state index contributed by atoms with van der Waals surface area (Å²) < 4.78 is 28.6. The van der Waals surface area contributed by atoms with Crippen LogP contribution in [-0.2, 0) is 26.2 Å². The average Bonchev–Trinajstić information content (AvgIpc) is 2.92. The molecule has 0 aromatic heterocycles. The van der Waals surface area contributed by atoms with Gasteiger partial charge in [0.05, 0.1) is 10.6 Å². The number of nitrogens with one attached hydrogen (secondary N) is 1. The number of nitrogens with zero attached hydrogens (tertiary/aromatic N) is 2. The maximum atomic E-state index is 14.0. The fourth-order valence-corrected chi connectivity index (χ4v) is 5.81. The maximum absolute atomic E-state index is 14.0. The Labute approximate surface area is 240 Å². The highest BCUT2D eigenvalue weighted by Gasteiger charge is 2.33. The molecule has 3 aromatic rings. The molecule has 0 bridgehead atoms. The first kappa shape index (κ1) is 30.5. The minimum Gasteiger partial charge on any atom is -0.352 e. The molecule has 0 aliphatic carbocycles. The van der Waals surface area contributed by atoms with E-state index in [0.717, 1.165) is 9.87 Å². The van der Waals surface area contributed by atoms with Crippen LogP contribution in [0.3, 0.4) is 0 Å². The Bertz CT molecular complexity index is 1380. The number of anilines is 1. The van der Waals surface area contributed by atoms with Crippen LogP contribution in [0.4, 0.5) is 5.69 Å². The van der Waals surface area contributed by atoms with Crippen molar-refractivity contribution in [2.24, 2.45) is 0 Å². The summed E-state index contributed by atoms with van der Waals surface area (Å²) in [6, 6.07) is 18.7. The Balaban J connectivity index is 2.05. The number of carbonyl (C=O) groups excluding carboxylic acids is 2. The number of halogens is 2. The van der Waals surface area contributed by atoms with E-state index in [4.69, 9.17) is 23.2 Å². The van der Waals surface area contributed by atoms with Gasteiger partial charge in [-0.15, -0.1) is 0 Å². The molecule has 0 fully saturated rings. The molecule has 2 amide bonds. The third-order valence-corrected chi connectivity index (χ3v) is 8.99. The van der Waals surface area contributed by atoms with Crippen LogP contribution in [0.1, 0.15) is 38.3 Å². The van der Waals surface area contributed by atoms with Crippen molar-refractivity contribution in [3.8, 4) is 0 Å². The Hall–Kier alpha value is -3.07. The van der Waals surface area contributed by atoms with Crippen LogP contribution in [0.2, 0.25) is 10.0 Å². The molecule has 0 radical (unpaired) electrons. The second kappa shape index (κ2) is 13.3. The van der Waals surface area contributed by atoms with Gasteiger partial charge < -0.3 is 10.2 Å². The minimum atomic E-state index is -4.12. The highest BCUT2D eigenvalue weighted by atomic mass is 35.5. The van der Waals surface area contributed by atoms with E-state index >= 15 is 0 Å². The predicted molar refractivity (Wildman–Crippen MR) is 157 cm³/mol. The summed E-state index contributed by atoms with van der Waals surface area (Å²) >= 11 is 12.8. The van der Waals surface area contributed by atoms with Gasteiger partial charge in [0.25, 0.3) is 10.0 Å². The fraction of sp³-hybridized carbons (Fsp3) is 0.310. The van der Waals surface area contributed by atoms with Gasteiger partial charge in [0, 0.05) is 28.2 Å². The zero-order valence-electron chi connectivity index (χ0n) is 22.4. The zero-order chi connectivity index (χ0) is 28.7. The smallest absolute Gasteiger partial charge is 0.264 e. The summed E-state index contributed by atoms with van der Waals surface area (Å²) in [5, 5.41) is 3.57. The first-order valence-corrected chi connectivity index (χ1v) is 14.8. The van der Waals surface area contributed by atoms with E-state index in [1.54, 1.807) is 67.6 Å². The van der Waals surface area contributed by atoms with Crippen LogP contribution >= 0.6 is 23.2 Å². The molecular formula is C29H33Cl2N3O4S. The molecule has 10 heteroatoms. The van der Waals surface area contributed by atoms with Crippen LogP contribution in [0.15, 0.2) is 77.7 Å². The molecule has 0 aliphatic rings. The number of hydrogen-bond acceptors (Lipinski definition) is 4. The third-order valence-electron chi connectivity index (χ3n) is 6.49. The molecule has 1 N–H and O–H groups in total. The molecular weight excluding hydrogens is 557 g/mol. The number of amides is 2. The van der Waals surface area contributed by atoms with Crippen molar-refractivity contribution >= 4 is 50.7 Å². The molecule has 0 saturated carbocycles. The van der Waals surface area contributed by atoms with Crippen LogP contribution in [0.5, 0.6) is 0 Å². The van der Waals surface area contributed by atoms with Crippen molar-refractivity contribution in [2.45, 2.75) is 57.6 Å². The summed E-state index contributed by atoms with van der Waals surface area (Å²) in [5.41, 5.74) is 1.72. The number of benzene rings is 3. The van der Waals surface area contributed by atoms with Crippen LogP contribution in [0.25, 0.3) is 0 Å². The van der Waals surface area contributed by atoms with Crippen molar-refractivity contribution in [1.82, 2.24) is 10.2 Å². The van der Waals surface area contributed by atoms with Gasteiger partial charge >= 0.3 is 0 Å². The van der Waals surface area contributed by atoms with E-state index in [2.05, 4.69) is 5.32 Å². The van der Waals surface area contributed by atoms with Gasteiger partial charge in [-0.1, -0.05) is 72.1 Å². The largest absolute Gasteiger partial charge is 0.352 e. The molecule has 208 valence electrons. The van der Waals surface area contributed by atoms with Crippen LogP contribution < -0.4 is 9.62 Å². The molecule has 0 aliphatic heterocycles. The number of carbonyl (C=O) groups is 2. The third kappa shape index (κ3) is 7.53. The standard InChI is InChI=1S/C29H33Cl2N3O4S/c1-5-21(3)32-29(36)22(4)33(18-25-26(30)12-9-13-27(25)31)28(35)19-34(23-16-14-20(2)15-17-23)39(37,38)24-10-7-6-8-11-24/h6-17,21-22H,5,18-19H2,1-4H3,(H,32,36)/t21-,22+/m0/s1. The number of aryl methyl sites for hydroxylation is 1. The summed E-state index contributed by atoms with van der Waals surface area (Å²) in [6.07, 6.45) is 0.708. The maximum Gasteiger partial charge on any atom is 0.264 e. The Kier molecular flexibility index (Phi) is 10.4. The topological polar surface area (TPSA) is 86.8 Å². The van der Waals surface area contributed by atoms with E-state index in [1.165, 1.54) is 17.0 Å². The second-order valence-electron chi connectivity index (χ2n) is 9.38. The van der Waals surface area contributed by atoms with Crippen LogP contribution in [-0.4, -0.2) is 43.8 Å². The van der Waals surface area contributed by atoms with E-state index in [-0.39, 0.29) is 23.4 Å². The van der Waals surface area contributed by atoms with E-state index in [9.17, 15) is 18.0 Å². The Morgan fingerprint density at radius 3 is 2.05 bits per heavy atom. The van der Waals surface area contributed by atoms with Gasteiger partial charge in [0.15, 0.2) is 0 Å². The molecule has 2 atom stereocenters. The Morgan fingerprint density at radius 2 is 1.49 bits per heavy atom. The number of rotatable bonds is 11. The SMILES string of the molecule is CC[C@H](C)NC(=O)[C@@H](C)N(Cc1c(Cl)cccc1Cl)C(=O)CN(c1ccc(C)cc1)S(=O)(=O)c1ccccc1. The molecule has 0 unspecified atom stereocenters. The van der Waals surface area contributed by atoms with Crippen LogP contribution in [0, 0.1) is 6.92 Å². The number of hydrogen-bond donors (Lipinski definition) is 1. The lowest BCUT2D eigenvalue weighted by molar-refractivity contribution is -0.139. The van der Waals surface area contributed by atoms with E-state index in [1.807, 2.05) is 20.8 Å². The molecule has 0 heterocycles. The molecule has 0 saturated heterocycles. The lowest BCUT2D eigenvalue weighted by Gasteiger charge is -2.32. The van der Waals surface area contributed by atoms with Gasteiger partial charge in [0.1, 0.15) is 12.6 Å². The van der Waals surface area contributed by atoms with Gasteiger partial charge in [-0.3, -0.25) is 13.9 Å². The lowest BCUT2D eigenvalue weighted by atomic mass is 10.1. The van der Waals surface area contributed by atoms with Gasteiger partial charge in [-0.05, 0) is 63.6 Å². The molecule has 39 heavy (non-hydrogen) atoms. The molecule has 3 rings (SSSR count). The predicted octanol–water partition coefficient (Wildman–Crippen LogP) is 5.83. The van der Waals surface area contributed by atoms with Crippen molar-refractivity contribution in [3.05, 3.63) is 94.0 Å². The average molecular weight is 591 g/mol. The number of sulfonamides is 1. The minimum absolute atomic E-state index is 0.0432. The normalized spacial score (nSPS) is 12.9. The van der Waals surface area contributed by atoms with E-state index < -0.39 is 28.5 Å². The highest BCUT2D eigenvalue weighted by molar-refractivity contribution is 7.92.